The van der Waals surface area contributed by atoms with Gasteiger partial charge in [0.05, 0.1) is 5.92 Å². The van der Waals surface area contributed by atoms with Crippen LogP contribution in [0.3, 0.4) is 0 Å². The van der Waals surface area contributed by atoms with E-state index < -0.39 is 0 Å². The highest BCUT2D eigenvalue weighted by Gasteiger charge is 2.40. The van der Waals surface area contributed by atoms with Crippen molar-refractivity contribution in [3.05, 3.63) is 10.6 Å². The SMILES string of the molecule is CC(CC1CC(C)(C)OC1=O)c1nc(=S)[nH][nH]1. The summed E-state index contributed by atoms with van der Waals surface area (Å²) in [6.07, 6.45) is 1.50. The molecule has 1 aromatic rings. The van der Waals surface area contributed by atoms with Crippen LogP contribution in [0.5, 0.6) is 0 Å². The molecule has 17 heavy (non-hydrogen) atoms. The number of carbonyl (C=O) groups excluding carboxylic acids is 1. The van der Waals surface area contributed by atoms with Crippen LogP contribution in [0, 0.1) is 10.7 Å². The Labute approximate surface area is 105 Å². The summed E-state index contributed by atoms with van der Waals surface area (Å²) in [5.74, 6) is 0.816. The van der Waals surface area contributed by atoms with Gasteiger partial charge in [0.1, 0.15) is 11.4 Å². The lowest BCUT2D eigenvalue weighted by molar-refractivity contribution is -0.148. The Morgan fingerprint density at radius 3 is 2.76 bits per heavy atom. The van der Waals surface area contributed by atoms with E-state index in [0.29, 0.717) is 4.77 Å². The van der Waals surface area contributed by atoms with Crippen molar-refractivity contribution in [2.45, 2.75) is 45.1 Å². The van der Waals surface area contributed by atoms with Gasteiger partial charge >= 0.3 is 5.97 Å². The van der Waals surface area contributed by atoms with Crippen molar-refractivity contribution in [1.82, 2.24) is 15.2 Å². The Morgan fingerprint density at radius 2 is 2.29 bits per heavy atom. The van der Waals surface area contributed by atoms with E-state index in [1.165, 1.54) is 0 Å². The number of H-pyrrole nitrogens is 2. The molecule has 0 aromatic carbocycles. The standard InChI is InChI=1S/C11H17N3O2S/c1-6(8-12-10(17)14-13-8)4-7-5-11(2,3)16-9(7)15/h6-7H,4-5H2,1-3H3,(H2,12,13,14,17). The van der Waals surface area contributed by atoms with Crippen LogP contribution in [0.25, 0.3) is 0 Å². The second-order valence-electron chi connectivity index (χ2n) is 5.27. The number of aromatic nitrogens is 3. The quantitative estimate of drug-likeness (QED) is 0.642. The van der Waals surface area contributed by atoms with E-state index in [0.717, 1.165) is 18.7 Å². The predicted molar refractivity (Wildman–Crippen MR) is 65.1 cm³/mol. The lowest BCUT2D eigenvalue weighted by atomic mass is 9.89. The van der Waals surface area contributed by atoms with Crippen LogP contribution in [-0.2, 0) is 9.53 Å². The fourth-order valence-electron chi connectivity index (χ4n) is 2.31. The number of nitrogens with zero attached hydrogens (tertiary/aromatic N) is 1. The summed E-state index contributed by atoms with van der Waals surface area (Å²) in [5, 5.41) is 5.69. The van der Waals surface area contributed by atoms with E-state index >= 15 is 0 Å². The van der Waals surface area contributed by atoms with Crippen LogP contribution < -0.4 is 0 Å². The zero-order valence-corrected chi connectivity index (χ0v) is 11.1. The van der Waals surface area contributed by atoms with Crippen LogP contribution >= 0.6 is 12.2 Å². The summed E-state index contributed by atoms with van der Waals surface area (Å²) in [7, 11) is 0. The first-order valence-corrected chi connectivity index (χ1v) is 6.15. The molecule has 1 fully saturated rings. The van der Waals surface area contributed by atoms with Gasteiger partial charge in [-0.05, 0) is 38.9 Å². The van der Waals surface area contributed by atoms with E-state index in [4.69, 9.17) is 17.0 Å². The molecule has 0 spiro atoms. The van der Waals surface area contributed by atoms with E-state index in [1.54, 1.807) is 0 Å². The maximum atomic E-state index is 11.7. The third-order valence-electron chi connectivity index (χ3n) is 3.07. The summed E-state index contributed by atoms with van der Waals surface area (Å²) >= 11 is 4.90. The van der Waals surface area contributed by atoms with Crippen molar-refractivity contribution in [2.75, 3.05) is 0 Å². The number of aromatic amines is 2. The number of nitrogens with one attached hydrogen (secondary N) is 2. The molecule has 2 heterocycles. The van der Waals surface area contributed by atoms with Gasteiger partial charge in [0.2, 0.25) is 4.77 Å². The van der Waals surface area contributed by atoms with Gasteiger partial charge in [-0.3, -0.25) is 15.0 Å². The molecule has 2 N–H and O–H groups in total. The van der Waals surface area contributed by atoms with Crippen molar-refractivity contribution >= 4 is 18.2 Å². The predicted octanol–water partition coefficient (Wildman–Crippen LogP) is 2.30. The highest BCUT2D eigenvalue weighted by molar-refractivity contribution is 7.71. The lowest BCUT2D eigenvalue weighted by Crippen LogP contribution is -2.17. The van der Waals surface area contributed by atoms with Gasteiger partial charge in [0.15, 0.2) is 0 Å². The summed E-state index contributed by atoms with van der Waals surface area (Å²) in [5.41, 5.74) is -0.333. The molecule has 0 radical (unpaired) electrons. The van der Waals surface area contributed by atoms with Gasteiger partial charge < -0.3 is 4.74 Å². The average Bonchev–Trinajstić information content (AvgIpc) is 2.71. The number of carbonyl (C=O) groups is 1. The Balaban J connectivity index is 2.02. The molecule has 0 amide bonds. The Bertz CT molecular complexity index is 477. The van der Waals surface area contributed by atoms with Gasteiger partial charge in [0, 0.05) is 5.92 Å². The first-order chi connectivity index (χ1) is 7.87. The molecule has 1 aromatic heterocycles. The first-order valence-electron chi connectivity index (χ1n) is 5.75. The summed E-state index contributed by atoms with van der Waals surface area (Å²) in [6, 6.07) is 0. The zero-order valence-electron chi connectivity index (χ0n) is 10.2. The van der Waals surface area contributed by atoms with Crippen molar-refractivity contribution in [1.29, 1.82) is 0 Å². The van der Waals surface area contributed by atoms with Crippen LogP contribution in [0.1, 0.15) is 45.4 Å². The normalized spacial score (nSPS) is 24.6. The minimum absolute atomic E-state index is 0.0429. The second-order valence-corrected chi connectivity index (χ2v) is 5.66. The minimum Gasteiger partial charge on any atom is -0.459 e. The van der Waals surface area contributed by atoms with Crippen LogP contribution in [0.15, 0.2) is 0 Å². The van der Waals surface area contributed by atoms with Gasteiger partial charge in [-0.25, -0.2) is 4.98 Å². The molecule has 94 valence electrons. The number of hydrogen-bond donors (Lipinski definition) is 2. The van der Waals surface area contributed by atoms with Crippen molar-refractivity contribution in [2.24, 2.45) is 5.92 Å². The average molecular weight is 255 g/mol. The topological polar surface area (TPSA) is 70.8 Å². The Hall–Kier alpha value is -1.17. The second kappa shape index (κ2) is 4.25. The van der Waals surface area contributed by atoms with Crippen molar-refractivity contribution in [3.8, 4) is 0 Å². The highest BCUT2D eigenvalue weighted by atomic mass is 32.1. The smallest absolute Gasteiger partial charge is 0.309 e. The molecule has 1 aliphatic rings. The Kier molecular flexibility index (Phi) is 3.07. The van der Waals surface area contributed by atoms with E-state index in [-0.39, 0.29) is 23.4 Å². The maximum absolute atomic E-state index is 11.7. The highest BCUT2D eigenvalue weighted by Crippen LogP contribution is 2.35. The maximum Gasteiger partial charge on any atom is 0.309 e. The number of cyclic esters (lactones) is 1. The summed E-state index contributed by atoms with van der Waals surface area (Å²) in [6.45, 7) is 5.91. The minimum atomic E-state index is -0.333. The number of ether oxygens (including phenoxy) is 1. The van der Waals surface area contributed by atoms with Gasteiger partial charge in [-0.2, -0.15) is 0 Å². The number of rotatable bonds is 3. The number of hydrogen-bond acceptors (Lipinski definition) is 4. The molecule has 6 heteroatoms. The monoisotopic (exact) mass is 255 g/mol. The molecule has 0 saturated carbocycles. The zero-order chi connectivity index (χ0) is 12.6. The van der Waals surface area contributed by atoms with Crippen molar-refractivity contribution in [3.63, 3.8) is 0 Å². The van der Waals surface area contributed by atoms with Crippen LogP contribution in [-0.4, -0.2) is 26.8 Å². The number of esters is 1. The summed E-state index contributed by atoms with van der Waals surface area (Å²) in [4.78, 5) is 15.8. The van der Waals surface area contributed by atoms with E-state index in [1.807, 2.05) is 20.8 Å². The molecule has 1 aliphatic heterocycles. The van der Waals surface area contributed by atoms with Gasteiger partial charge in [0.25, 0.3) is 0 Å². The summed E-state index contributed by atoms with van der Waals surface area (Å²) < 4.78 is 5.75. The lowest BCUT2D eigenvalue weighted by Gasteiger charge is -2.15. The van der Waals surface area contributed by atoms with Crippen molar-refractivity contribution < 1.29 is 9.53 Å². The van der Waals surface area contributed by atoms with Gasteiger partial charge in [-0.15, -0.1) is 0 Å². The molecule has 0 bridgehead atoms. The van der Waals surface area contributed by atoms with E-state index in [2.05, 4.69) is 15.2 Å². The third-order valence-corrected chi connectivity index (χ3v) is 3.27. The third kappa shape index (κ3) is 2.74. The molecular formula is C11H17N3O2S. The van der Waals surface area contributed by atoms with E-state index in [9.17, 15) is 4.79 Å². The van der Waals surface area contributed by atoms with Crippen LogP contribution in [0.4, 0.5) is 0 Å². The largest absolute Gasteiger partial charge is 0.459 e. The van der Waals surface area contributed by atoms with Crippen LogP contribution in [0.2, 0.25) is 0 Å². The van der Waals surface area contributed by atoms with Gasteiger partial charge in [-0.1, -0.05) is 6.92 Å². The molecule has 0 aliphatic carbocycles. The first kappa shape index (κ1) is 12.3. The molecule has 2 rings (SSSR count). The fraction of sp³-hybridized carbons (Fsp3) is 0.727. The fourth-order valence-corrected chi connectivity index (χ4v) is 2.46. The molecular weight excluding hydrogens is 238 g/mol. The molecule has 2 atom stereocenters. The Morgan fingerprint density at radius 1 is 1.59 bits per heavy atom. The molecule has 2 unspecified atom stereocenters. The molecule has 5 nitrogen and oxygen atoms in total. The molecule has 1 saturated heterocycles.